The first-order valence-corrected chi connectivity index (χ1v) is 5.78. The Hall–Kier alpha value is -2.10. The topological polar surface area (TPSA) is 59.3 Å². The fraction of sp³-hybridized carbons (Fsp3) is 0.286. The number of hydrogen-bond acceptors (Lipinski definition) is 2. The number of fused-ring (bicyclic) bond motifs is 1. The number of carbonyl (C=O) groups is 1. The number of nitrogens with zero attached hydrogens (tertiary/aromatic N) is 1. The van der Waals surface area contributed by atoms with Gasteiger partial charge in [-0.3, -0.25) is 4.79 Å². The van der Waals surface area contributed by atoms with Crippen LogP contribution in [-0.2, 0) is 7.05 Å². The third-order valence-electron chi connectivity index (χ3n) is 3.08. The normalized spacial score (nSPS) is 11.1. The minimum Gasteiger partial charge on any atom is -0.478 e. The van der Waals surface area contributed by atoms with Crippen molar-refractivity contribution in [1.29, 1.82) is 0 Å². The number of aromatic nitrogens is 1. The summed E-state index contributed by atoms with van der Waals surface area (Å²) in [6.45, 7) is 4.09. The van der Waals surface area contributed by atoms with Crippen LogP contribution in [-0.4, -0.2) is 15.6 Å². The Labute approximate surface area is 104 Å². The molecule has 0 radical (unpaired) electrons. The molecule has 0 spiro atoms. The molecule has 0 aliphatic carbocycles. The molecular weight excluding hydrogens is 230 g/mol. The third kappa shape index (κ3) is 1.90. The molecule has 4 heteroatoms. The van der Waals surface area contributed by atoms with Crippen LogP contribution in [0.5, 0.6) is 0 Å². The average Bonchev–Trinajstić information content (AvgIpc) is 2.32. The molecule has 0 saturated heterocycles. The summed E-state index contributed by atoms with van der Waals surface area (Å²) in [5, 5.41) is 10.3. The van der Waals surface area contributed by atoms with E-state index in [0.717, 1.165) is 10.9 Å². The molecule has 0 amide bonds. The van der Waals surface area contributed by atoms with Gasteiger partial charge in [0.05, 0.1) is 5.56 Å². The Bertz CT molecular complexity index is 683. The number of pyridine rings is 1. The summed E-state index contributed by atoms with van der Waals surface area (Å²) >= 11 is 0. The summed E-state index contributed by atoms with van der Waals surface area (Å²) in [6, 6.07) is 4.71. The highest BCUT2D eigenvalue weighted by Gasteiger charge is 2.12. The van der Waals surface area contributed by atoms with Crippen molar-refractivity contribution in [2.24, 2.45) is 7.05 Å². The lowest BCUT2D eigenvalue weighted by Gasteiger charge is -2.12. The SMILES string of the molecule is CC(C)c1cn(C)c(=O)c2cc(C(=O)O)ccc12. The van der Waals surface area contributed by atoms with Crippen molar-refractivity contribution >= 4 is 16.7 Å². The molecule has 0 unspecified atom stereocenters. The summed E-state index contributed by atoms with van der Waals surface area (Å²) in [7, 11) is 1.68. The number of hydrogen-bond donors (Lipinski definition) is 1. The minimum absolute atomic E-state index is 0.139. The first-order chi connectivity index (χ1) is 8.41. The number of carboxylic acids is 1. The maximum absolute atomic E-state index is 12.0. The van der Waals surface area contributed by atoms with Crippen LogP contribution >= 0.6 is 0 Å². The van der Waals surface area contributed by atoms with Gasteiger partial charge in [0.15, 0.2) is 0 Å². The van der Waals surface area contributed by atoms with Gasteiger partial charge in [0, 0.05) is 18.6 Å². The lowest BCUT2D eigenvalue weighted by molar-refractivity contribution is 0.0697. The lowest BCUT2D eigenvalue weighted by Crippen LogP contribution is -2.18. The van der Waals surface area contributed by atoms with Crippen molar-refractivity contribution in [3.63, 3.8) is 0 Å². The van der Waals surface area contributed by atoms with Gasteiger partial charge in [0.1, 0.15) is 0 Å². The summed E-state index contributed by atoms with van der Waals surface area (Å²) in [5.41, 5.74) is 1.02. The van der Waals surface area contributed by atoms with Crippen molar-refractivity contribution in [3.8, 4) is 0 Å². The van der Waals surface area contributed by atoms with E-state index in [9.17, 15) is 9.59 Å². The predicted octanol–water partition coefficient (Wildman–Crippen LogP) is 2.36. The maximum atomic E-state index is 12.0. The highest BCUT2D eigenvalue weighted by molar-refractivity contribution is 5.95. The van der Waals surface area contributed by atoms with Crippen molar-refractivity contribution in [2.45, 2.75) is 19.8 Å². The molecule has 1 aromatic carbocycles. The zero-order chi connectivity index (χ0) is 13.4. The molecule has 2 rings (SSSR count). The van der Waals surface area contributed by atoms with E-state index in [1.165, 1.54) is 16.7 Å². The maximum Gasteiger partial charge on any atom is 0.335 e. The first kappa shape index (κ1) is 12.4. The van der Waals surface area contributed by atoms with E-state index in [0.29, 0.717) is 5.39 Å². The van der Waals surface area contributed by atoms with E-state index in [1.54, 1.807) is 13.1 Å². The molecule has 0 aliphatic rings. The number of aromatic carboxylic acids is 1. The second-order valence-electron chi connectivity index (χ2n) is 4.72. The van der Waals surface area contributed by atoms with E-state index in [2.05, 4.69) is 0 Å². The molecule has 0 bridgehead atoms. The van der Waals surface area contributed by atoms with Gasteiger partial charge < -0.3 is 9.67 Å². The second-order valence-corrected chi connectivity index (χ2v) is 4.72. The van der Waals surface area contributed by atoms with E-state index < -0.39 is 5.97 Å². The Morgan fingerprint density at radius 2 is 1.94 bits per heavy atom. The van der Waals surface area contributed by atoms with Crippen molar-refractivity contribution in [1.82, 2.24) is 4.57 Å². The molecule has 0 saturated carbocycles. The van der Waals surface area contributed by atoms with E-state index >= 15 is 0 Å². The molecule has 1 N–H and O–H groups in total. The van der Waals surface area contributed by atoms with Gasteiger partial charge in [-0.2, -0.15) is 0 Å². The van der Waals surface area contributed by atoms with Gasteiger partial charge in [0.2, 0.25) is 0 Å². The number of aryl methyl sites for hydroxylation is 1. The fourth-order valence-electron chi connectivity index (χ4n) is 2.09. The lowest BCUT2D eigenvalue weighted by atomic mass is 9.97. The molecular formula is C14H15NO3. The summed E-state index contributed by atoms with van der Waals surface area (Å²) in [6.07, 6.45) is 1.82. The van der Waals surface area contributed by atoms with Crippen LogP contribution in [0.4, 0.5) is 0 Å². The smallest absolute Gasteiger partial charge is 0.335 e. The monoisotopic (exact) mass is 245 g/mol. The molecule has 1 aromatic heterocycles. The molecule has 2 aromatic rings. The van der Waals surface area contributed by atoms with Crippen LogP contribution in [0.15, 0.2) is 29.2 Å². The van der Waals surface area contributed by atoms with Gasteiger partial charge in [-0.15, -0.1) is 0 Å². The third-order valence-corrected chi connectivity index (χ3v) is 3.08. The molecule has 0 atom stereocenters. The van der Waals surface area contributed by atoms with Crippen molar-refractivity contribution < 1.29 is 9.90 Å². The summed E-state index contributed by atoms with van der Waals surface area (Å²) in [4.78, 5) is 23.0. The molecule has 18 heavy (non-hydrogen) atoms. The highest BCUT2D eigenvalue weighted by atomic mass is 16.4. The zero-order valence-electron chi connectivity index (χ0n) is 10.6. The van der Waals surface area contributed by atoms with Crippen LogP contribution in [0.1, 0.15) is 35.7 Å². The van der Waals surface area contributed by atoms with Gasteiger partial charge in [-0.25, -0.2) is 4.79 Å². The molecule has 1 heterocycles. The van der Waals surface area contributed by atoms with E-state index in [4.69, 9.17) is 5.11 Å². The Kier molecular flexibility index (Phi) is 2.95. The summed E-state index contributed by atoms with van der Waals surface area (Å²) < 4.78 is 1.50. The number of rotatable bonds is 2. The fourth-order valence-corrected chi connectivity index (χ4v) is 2.09. The summed E-state index contributed by atoms with van der Waals surface area (Å²) in [5.74, 6) is -0.746. The van der Waals surface area contributed by atoms with E-state index in [-0.39, 0.29) is 17.0 Å². The first-order valence-electron chi connectivity index (χ1n) is 5.78. The minimum atomic E-state index is -1.02. The molecule has 0 fully saturated rings. The second kappa shape index (κ2) is 4.29. The molecule has 0 aliphatic heterocycles. The standard InChI is InChI=1S/C14H15NO3/c1-8(2)12-7-15(3)13(16)11-6-9(14(17)18)4-5-10(11)12/h4-8H,1-3H3,(H,17,18). The van der Waals surface area contributed by atoms with Crippen LogP contribution in [0.3, 0.4) is 0 Å². The Morgan fingerprint density at radius 3 is 2.50 bits per heavy atom. The van der Waals surface area contributed by atoms with Crippen LogP contribution in [0, 0.1) is 0 Å². The quantitative estimate of drug-likeness (QED) is 0.883. The van der Waals surface area contributed by atoms with Gasteiger partial charge in [-0.1, -0.05) is 19.9 Å². The molecule has 94 valence electrons. The van der Waals surface area contributed by atoms with Crippen LogP contribution < -0.4 is 5.56 Å². The average molecular weight is 245 g/mol. The van der Waals surface area contributed by atoms with Gasteiger partial charge in [-0.05, 0) is 29.0 Å². The van der Waals surface area contributed by atoms with E-state index in [1.807, 2.05) is 20.0 Å². The van der Waals surface area contributed by atoms with Crippen molar-refractivity contribution in [2.75, 3.05) is 0 Å². The zero-order valence-corrected chi connectivity index (χ0v) is 10.6. The van der Waals surface area contributed by atoms with Crippen molar-refractivity contribution in [3.05, 3.63) is 45.9 Å². The van der Waals surface area contributed by atoms with Gasteiger partial charge in [0.25, 0.3) is 5.56 Å². The number of carboxylic acid groups (broad SMARTS) is 1. The van der Waals surface area contributed by atoms with Crippen LogP contribution in [0.25, 0.3) is 10.8 Å². The Balaban J connectivity index is 2.90. The largest absolute Gasteiger partial charge is 0.478 e. The highest BCUT2D eigenvalue weighted by Crippen LogP contribution is 2.23. The Morgan fingerprint density at radius 1 is 1.28 bits per heavy atom. The number of benzene rings is 1. The predicted molar refractivity (Wildman–Crippen MR) is 70.2 cm³/mol. The van der Waals surface area contributed by atoms with Gasteiger partial charge >= 0.3 is 5.97 Å². The van der Waals surface area contributed by atoms with Crippen LogP contribution in [0.2, 0.25) is 0 Å². The molecule has 4 nitrogen and oxygen atoms in total.